The van der Waals surface area contributed by atoms with Crippen molar-refractivity contribution >= 4 is 46.9 Å². The first kappa shape index (κ1) is 20.7. The fraction of sp³-hybridized carbons (Fsp3) is 0.211. The van der Waals surface area contributed by atoms with Crippen molar-refractivity contribution < 1.29 is 14.7 Å². The van der Waals surface area contributed by atoms with Crippen molar-refractivity contribution in [2.75, 3.05) is 5.32 Å². The largest absolute Gasteiger partial charge is 0.506 e. The molecule has 8 heteroatoms. The van der Waals surface area contributed by atoms with Crippen LogP contribution in [0.2, 0.25) is 10.0 Å². The molecule has 2 amide bonds. The number of phenols is 1. The number of hydrogen-bond acceptors (Lipinski definition) is 4. The Hall–Kier alpha value is -2.57. The van der Waals surface area contributed by atoms with Gasteiger partial charge in [0.05, 0.1) is 11.2 Å². The first-order chi connectivity index (χ1) is 12.8. The highest BCUT2D eigenvalue weighted by atomic mass is 35.5. The van der Waals surface area contributed by atoms with Crippen molar-refractivity contribution in [1.29, 1.82) is 0 Å². The van der Waals surface area contributed by atoms with Gasteiger partial charge in [0.2, 0.25) is 11.8 Å². The van der Waals surface area contributed by atoms with Gasteiger partial charge >= 0.3 is 0 Å². The SMILES string of the molecule is Cc1ccc(NC(=O)CCC(=O)NN=Cc2cc(Cl)cc(Cl)c2O)cc1C. The quantitative estimate of drug-likeness (QED) is 0.495. The third kappa shape index (κ3) is 6.27. The highest BCUT2D eigenvalue weighted by Crippen LogP contribution is 2.29. The Bertz CT molecular complexity index is 898. The third-order valence-corrected chi connectivity index (χ3v) is 4.33. The number of carbonyl (C=O) groups excluding carboxylic acids is 2. The smallest absolute Gasteiger partial charge is 0.240 e. The molecule has 2 aromatic carbocycles. The topological polar surface area (TPSA) is 90.8 Å². The van der Waals surface area contributed by atoms with Gasteiger partial charge in [-0.3, -0.25) is 9.59 Å². The molecule has 6 nitrogen and oxygen atoms in total. The summed E-state index contributed by atoms with van der Waals surface area (Å²) in [5.74, 6) is -0.891. The van der Waals surface area contributed by atoms with E-state index in [-0.39, 0.29) is 35.1 Å². The minimum absolute atomic E-state index is 0.0164. The van der Waals surface area contributed by atoms with E-state index in [1.54, 1.807) is 0 Å². The molecular formula is C19H19Cl2N3O3. The predicted molar refractivity (Wildman–Crippen MR) is 108 cm³/mol. The van der Waals surface area contributed by atoms with E-state index in [9.17, 15) is 14.7 Å². The summed E-state index contributed by atoms with van der Waals surface area (Å²) in [5.41, 5.74) is 5.45. The lowest BCUT2D eigenvalue weighted by molar-refractivity contribution is -0.124. The first-order valence-electron chi connectivity index (χ1n) is 8.13. The van der Waals surface area contributed by atoms with Crippen LogP contribution in [0.1, 0.15) is 29.5 Å². The molecule has 0 bridgehead atoms. The van der Waals surface area contributed by atoms with Crippen molar-refractivity contribution in [2.24, 2.45) is 5.10 Å². The molecule has 142 valence electrons. The molecule has 0 aliphatic rings. The number of nitrogens with zero attached hydrogens (tertiary/aromatic N) is 1. The lowest BCUT2D eigenvalue weighted by Crippen LogP contribution is -2.20. The fourth-order valence-corrected chi connectivity index (χ4v) is 2.69. The molecule has 0 aromatic heterocycles. The Morgan fingerprint density at radius 3 is 2.48 bits per heavy atom. The Morgan fingerprint density at radius 2 is 1.78 bits per heavy atom. The number of carbonyl (C=O) groups is 2. The van der Waals surface area contributed by atoms with Crippen LogP contribution in [0.5, 0.6) is 5.75 Å². The molecule has 0 heterocycles. The Kier molecular flexibility index (Phi) is 7.21. The number of nitrogens with one attached hydrogen (secondary N) is 2. The van der Waals surface area contributed by atoms with Gasteiger partial charge in [-0.1, -0.05) is 29.3 Å². The highest BCUT2D eigenvalue weighted by Gasteiger charge is 2.08. The van der Waals surface area contributed by atoms with Gasteiger partial charge in [-0.2, -0.15) is 5.10 Å². The molecule has 0 radical (unpaired) electrons. The Balaban J connectivity index is 1.82. The summed E-state index contributed by atoms with van der Waals surface area (Å²) in [6.45, 7) is 3.95. The van der Waals surface area contributed by atoms with Gasteiger partial charge < -0.3 is 10.4 Å². The van der Waals surface area contributed by atoms with E-state index in [4.69, 9.17) is 23.2 Å². The zero-order valence-electron chi connectivity index (χ0n) is 14.8. The standard InChI is InChI=1S/C19H19Cl2N3O3/c1-11-3-4-15(7-12(11)2)23-17(25)5-6-18(26)24-22-10-13-8-14(20)9-16(21)19(13)27/h3-4,7-10,27H,5-6H2,1-2H3,(H,23,25)(H,24,26). The van der Waals surface area contributed by atoms with Gasteiger partial charge in [-0.15, -0.1) is 0 Å². The number of anilines is 1. The van der Waals surface area contributed by atoms with Crippen molar-refractivity contribution in [1.82, 2.24) is 5.43 Å². The molecule has 0 spiro atoms. The number of hydrazone groups is 1. The number of halogens is 2. The van der Waals surface area contributed by atoms with Gasteiger partial charge in [-0.05, 0) is 49.2 Å². The van der Waals surface area contributed by atoms with E-state index >= 15 is 0 Å². The lowest BCUT2D eigenvalue weighted by atomic mass is 10.1. The second-order valence-corrected chi connectivity index (χ2v) is 6.81. The lowest BCUT2D eigenvalue weighted by Gasteiger charge is -2.07. The monoisotopic (exact) mass is 407 g/mol. The van der Waals surface area contributed by atoms with Crippen molar-refractivity contribution in [2.45, 2.75) is 26.7 Å². The van der Waals surface area contributed by atoms with Gasteiger partial charge in [0, 0.05) is 29.1 Å². The van der Waals surface area contributed by atoms with E-state index in [0.29, 0.717) is 10.7 Å². The molecule has 0 atom stereocenters. The molecule has 2 rings (SSSR count). The summed E-state index contributed by atoms with van der Waals surface area (Å²) < 4.78 is 0. The van der Waals surface area contributed by atoms with Crippen LogP contribution in [0.4, 0.5) is 5.69 Å². The Labute approximate surface area is 167 Å². The maximum atomic E-state index is 11.9. The predicted octanol–water partition coefficient (Wildman–Crippen LogP) is 4.18. The first-order valence-corrected chi connectivity index (χ1v) is 8.89. The van der Waals surface area contributed by atoms with E-state index in [2.05, 4.69) is 15.8 Å². The average Bonchev–Trinajstić information content (AvgIpc) is 2.60. The van der Waals surface area contributed by atoms with Crippen LogP contribution < -0.4 is 10.7 Å². The molecular weight excluding hydrogens is 389 g/mol. The number of aromatic hydroxyl groups is 1. The Morgan fingerprint density at radius 1 is 1.07 bits per heavy atom. The maximum Gasteiger partial charge on any atom is 0.240 e. The zero-order chi connectivity index (χ0) is 20.0. The van der Waals surface area contributed by atoms with E-state index in [1.807, 2.05) is 32.0 Å². The second-order valence-electron chi connectivity index (χ2n) is 5.97. The number of amides is 2. The summed E-state index contributed by atoms with van der Waals surface area (Å²) in [6.07, 6.45) is 1.21. The van der Waals surface area contributed by atoms with Gasteiger partial charge in [0.15, 0.2) is 0 Å². The van der Waals surface area contributed by atoms with Crippen LogP contribution in [0.3, 0.4) is 0 Å². The van der Waals surface area contributed by atoms with Gasteiger partial charge in [0.25, 0.3) is 0 Å². The van der Waals surface area contributed by atoms with Crippen molar-refractivity contribution in [3.8, 4) is 5.75 Å². The summed E-state index contributed by atoms with van der Waals surface area (Å²) in [5, 5.41) is 16.7. The summed E-state index contributed by atoms with van der Waals surface area (Å²) in [7, 11) is 0. The molecule has 2 aromatic rings. The minimum Gasteiger partial charge on any atom is -0.506 e. The summed E-state index contributed by atoms with van der Waals surface area (Å²) >= 11 is 11.6. The zero-order valence-corrected chi connectivity index (χ0v) is 16.4. The van der Waals surface area contributed by atoms with Crippen LogP contribution >= 0.6 is 23.2 Å². The summed E-state index contributed by atoms with van der Waals surface area (Å²) in [6, 6.07) is 8.45. The molecule has 0 saturated heterocycles. The molecule has 0 unspecified atom stereocenters. The van der Waals surface area contributed by atoms with E-state index in [1.165, 1.54) is 18.3 Å². The van der Waals surface area contributed by atoms with Crippen LogP contribution in [0.15, 0.2) is 35.4 Å². The minimum atomic E-state index is -0.436. The van der Waals surface area contributed by atoms with Crippen LogP contribution in [-0.4, -0.2) is 23.1 Å². The van der Waals surface area contributed by atoms with E-state index < -0.39 is 5.91 Å². The van der Waals surface area contributed by atoms with Crippen molar-refractivity contribution in [3.05, 3.63) is 57.1 Å². The summed E-state index contributed by atoms with van der Waals surface area (Å²) in [4.78, 5) is 23.7. The number of benzene rings is 2. The normalized spacial score (nSPS) is 10.8. The maximum absolute atomic E-state index is 11.9. The number of hydrogen-bond donors (Lipinski definition) is 3. The molecule has 0 saturated carbocycles. The van der Waals surface area contributed by atoms with Gasteiger partial charge in [-0.25, -0.2) is 5.43 Å². The van der Waals surface area contributed by atoms with Crippen LogP contribution in [0, 0.1) is 13.8 Å². The van der Waals surface area contributed by atoms with E-state index in [0.717, 1.165) is 11.1 Å². The van der Waals surface area contributed by atoms with Gasteiger partial charge in [0.1, 0.15) is 5.75 Å². The molecule has 3 N–H and O–H groups in total. The highest BCUT2D eigenvalue weighted by molar-refractivity contribution is 6.36. The molecule has 27 heavy (non-hydrogen) atoms. The average molecular weight is 408 g/mol. The third-order valence-electron chi connectivity index (χ3n) is 3.82. The number of aryl methyl sites for hydroxylation is 2. The number of rotatable bonds is 6. The second kappa shape index (κ2) is 9.39. The molecule has 0 aliphatic carbocycles. The number of phenolic OH excluding ortho intramolecular Hbond substituents is 1. The molecule has 0 aliphatic heterocycles. The fourth-order valence-electron chi connectivity index (χ4n) is 2.18. The van der Waals surface area contributed by atoms with Crippen LogP contribution in [0.25, 0.3) is 0 Å². The van der Waals surface area contributed by atoms with Crippen molar-refractivity contribution in [3.63, 3.8) is 0 Å². The van der Waals surface area contributed by atoms with Crippen LogP contribution in [-0.2, 0) is 9.59 Å². The molecule has 0 fully saturated rings.